The Morgan fingerprint density at radius 2 is 1.71 bits per heavy atom. The number of nitrogen functional groups attached to an aromatic ring is 1. The third kappa shape index (κ3) is 2.82. The molecule has 112 valence electrons. The molecule has 3 N–H and O–H groups in total. The molecule has 2 rings (SSSR count). The van der Waals surface area contributed by atoms with Crippen molar-refractivity contribution >= 4 is 21.4 Å². The van der Waals surface area contributed by atoms with Crippen LogP contribution in [0.5, 0.6) is 0 Å². The SMILES string of the molecule is Cc1cc(F)c(N)c(C)c1S(=O)(=O)Nc1ccccc1F. The number of rotatable bonds is 3. The second-order valence-corrected chi connectivity index (χ2v) is 6.25. The molecule has 0 radical (unpaired) electrons. The van der Waals surface area contributed by atoms with Gasteiger partial charge in [0, 0.05) is 0 Å². The van der Waals surface area contributed by atoms with Crippen LogP contribution in [-0.2, 0) is 10.0 Å². The minimum absolute atomic E-state index is 0.0938. The van der Waals surface area contributed by atoms with E-state index in [0.29, 0.717) is 0 Å². The first-order valence-electron chi connectivity index (χ1n) is 6.06. The molecule has 2 aromatic carbocycles. The third-order valence-corrected chi connectivity index (χ3v) is 4.74. The van der Waals surface area contributed by atoms with Crippen molar-refractivity contribution in [3.05, 3.63) is 53.1 Å². The Morgan fingerprint density at radius 3 is 2.33 bits per heavy atom. The summed E-state index contributed by atoms with van der Waals surface area (Å²) in [5.74, 6) is -1.39. The van der Waals surface area contributed by atoms with Gasteiger partial charge in [-0.3, -0.25) is 4.72 Å². The lowest BCUT2D eigenvalue weighted by Crippen LogP contribution is -2.17. The molecule has 2 aromatic rings. The molecule has 0 aromatic heterocycles. The van der Waals surface area contributed by atoms with Gasteiger partial charge in [-0.1, -0.05) is 12.1 Å². The molecule has 0 spiro atoms. The lowest BCUT2D eigenvalue weighted by molar-refractivity contribution is 0.595. The highest BCUT2D eigenvalue weighted by atomic mass is 32.2. The molecule has 0 fully saturated rings. The lowest BCUT2D eigenvalue weighted by Gasteiger charge is -2.15. The summed E-state index contributed by atoms with van der Waals surface area (Å²) in [6.07, 6.45) is 0. The van der Waals surface area contributed by atoms with Crippen LogP contribution in [0.4, 0.5) is 20.2 Å². The predicted molar refractivity (Wildman–Crippen MR) is 77.5 cm³/mol. The first-order valence-corrected chi connectivity index (χ1v) is 7.55. The number of aryl methyl sites for hydroxylation is 1. The van der Waals surface area contributed by atoms with Crippen molar-refractivity contribution in [3.8, 4) is 0 Å². The second-order valence-electron chi connectivity index (χ2n) is 4.63. The zero-order valence-corrected chi connectivity index (χ0v) is 12.3. The van der Waals surface area contributed by atoms with Crippen molar-refractivity contribution in [3.63, 3.8) is 0 Å². The maximum Gasteiger partial charge on any atom is 0.262 e. The fourth-order valence-electron chi connectivity index (χ4n) is 2.08. The summed E-state index contributed by atoms with van der Waals surface area (Å²) in [5.41, 5.74) is 5.40. The standard InChI is InChI=1S/C14H14F2N2O2S/c1-8-7-11(16)13(17)9(2)14(8)21(19,20)18-12-6-4-3-5-10(12)15/h3-7,18H,17H2,1-2H3. The number of hydrogen-bond acceptors (Lipinski definition) is 3. The number of nitrogens with two attached hydrogens (primary N) is 1. The zero-order valence-electron chi connectivity index (χ0n) is 11.4. The van der Waals surface area contributed by atoms with E-state index in [9.17, 15) is 17.2 Å². The van der Waals surface area contributed by atoms with E-state index in [4.69, 9.17) is 5.73 Å². The van der Waals surface area contributed by atoms with Crippen LogP contribution in [0.25, 0.3) is 0 Å². The summed E-state index contributed by atoms with van der Waals surface area (Å²) in [7, 11) is -4.07. The Labute approximate surface area is 121 Å². The topological polar surface area (TPSA) is 72.2 Å². The fourth-order valence-corrected chi connectivity index (χ4v) is 3.64. The first-order chi connectivity index (χ1) is 9.74. The summed E-state index contributed by atoms with van der Waals surface area (Å²) >= 11 is 0. The molecule has 0 aliphatic heterocycles. The molecule has 7 heteroatoms. The Kier molecular flexibility index (Phi) is 3.87. The molecule has 0 atom stereocenters. The number of sulfonamides is 1. The van der Waals surface area contributed by atoms with E-state index in [2.05, 4.69) is 4.72 Å². The van der Waals surface area contributed by atoms with Gasteiger partial charge in [-0.2, -0.15) is 0 Å². The van der Waals surface area contributed by atoms with Crippen LogP contribution in [-0.4, -0.2) is 8.42 Å². The highest BCUT2D eigenvalue weighted by Gasteiger charge is 2.23. The van der Waals surface area contributed by atoms with Gasteiger partial charge in [-0.05, 0) is 43.2 Å². The Bertz CT molecular complexity index is 805. The molecule has 4 nitrogen and oxygen atoms in total. The molecular formula is C14H14F2N2O2S. The van der Waals surface area contributed by atoms with Gasteiger partial charge >= 0.3 is 0 Å². The van der Waals surface area contributed by atoms with E-state index in [1.54, 1.807) is 0 Å². The lowest BCUT2D eigenvalue weighted by atomic mass is 10.1. The van der Waals surface area contributed by atoms with Gasteiger partial charge in [0.15, 0.2) is 0 Å². The summed E-state index contributed by atoms with van der Waals surface area (Å²) in [5, 5.41) is 0. The van der Waals surface area contributed by atoms with E-state index in [-0.39, 0.29) is 27.4 Å². The van der Waals surface area contributed by atoms with Gasteiger partial charge in [0.25, 0.3) is 10.0 Å². The summed E-state index contributed by atoms with van der Waals surface area (Å²) in [6, 6.07) is 6.42. The number of halogens is 2. The van der Waals surface area contributed by atoms with Crippen LogP contribution in [0.2, 0.25) is 0 Å². The smallest absolute Gasteiger partial charge is 0.262 e. The first kappa shape index (κ1) is 15.2. The number of benzene rings is 2. The second kappa shape index (κ2) is 5.33. The zero-order chi connectivity index (χ0) is 15.8. The maximum absolute atomic E-state index is 13.6. The minimum atomic E-state index is -4.07. The highest BCUT2D eigenvalue weighted by Crippen LogP contribution is 2.29. The molecule has 0 aliphatic rings. The molecule has 0 aliphatic carbocycles. The Morgan fingerprint density at radius 1 is 1.10 bits per heavy atom. The van der Waals surface area contributed by atoms with Crippen LogP contribution in [0, 0.1) is 25.5 Å². The number of para-hydroxylation sites is 1. The molecule has 0 saturated carbocycles. The van der Waals surface area contributed by atoms with Crippen molar-refractivity contribution in [2.24, 2.45) is 0 Å². The predicted octanol–water partition coefficient (Wildman–Crippen LogP) is 2.96. The van der Waals surface area contributed by atoms with Crippen LogP contribution in [0.3, 0.4) is 0 Å². The molecule has 0 unspecified atom stereocenters. The maximum atomic E-state index is 13.6. The summed E-state index contributed by atoms with van der Waals surface area (Å²) < 4.78 is 54.0. The Hall–Kier alpha value is -2.15. The largest absolute Gasteiger partial charge is 0.396 e. The summed E-state index contributed by atoms with van der Waals surface area (Å²) in [4.78, 5) is -0.148. The normalized spacial score (nSPS) is 11.4. The van der Waals surface area contributed by atoms with Gasteiger partial charge in [0.1, 0.15) is 11.6 Å². The van der Waals surface area contributed by atoms with Gasteiger partial charge in [-0.15, -0.1) is 0 Å². The minimum Gasteiger partial charge on any atom is -0.396 e. The molecule has 0 bridgehead atoms. The van der Waals surface area contributed by atoms with Crippen molar-refractivity contribution in [1.82, 2.24) is 0 Å². The molecule has 21 heavy (non-hydrogen) atoms. The molecule has 0 saturated heterocycles. The average molecular weight is 312 g/mol. The number of nitrogens with one attached hydrogen (secondary N) is 1. The number of anilines is 2. The van der Waals surface area contributed by atoms with Gasteiger partial charge < -0.3 is 5.73 Å². The molecule has 0 heterocycles. The number of hydrogen-bond donors (Lipinski definition) is 2. The van der Waals surface area contributed by atoms with Crippen LogP contribution in [0.15, 0.2) is 35.2 Å². The fraction of sp³-hybridized carbons (Fsp3) is 0.143. The van der Waals surface area contributed by atoms with Crippen molar-refractivity contribution in [1.29, 1.82) is 0 Å². The molecular weight excluding hydrogens is 298 g/mol. The van der Waals surface area contributed by atoms with Gasteiger partial charge in [0.05, 0.1) is 16.3 Å². The quantitative estimate of drug-likeness (QED) is 0.856. The third-order valence-electron chi connectivity index (χ3n) is 3.09. The van der Waals surface area contributed by atoms with Gasteiger partial charge in [-0.25, -0.2) is 17.2 Å². The van der Waals surface area contributed by atoms with Crippen molar-refractivity contribution in [2.45, 2.75) is 18.7 Å². The van der Waals surface area contributed by atoms with Crippen molar-refractivity contribution < 1.29 is 17.2 Å². The average Bonchev–Trinajstić information content (AvgIpc) is 2.38. The molecule has 0 amide bonds. The van der Waals surface area contributed by atoms with E-state index in [1.165, 1.54) is 32.0 Å². The van der Waals surface area contributed by atoms with E-state index < -0.39 is 21.7 Å². The van der Waals surface area contributed by atoms with Crippen LogP contribution < -0.4 is 10.5 Å². The van der Waals surface area contributed by atoms with E-state index >= 15 is 0 Å². The highest BCUT2D eigenvalue weighted by molar-refractivity contribution is 7.92. The monoisotopic (exact) mass is 312 g/mol. The van der Waals surface area contributed by atoms with E-state index in [1.807, 2.05) is 0 Å². The summed E-state index contributed by atoms with van der Waals surface area (Å²) in [6.45, 7) is 2.85. The van der Waals surface area contributed by atoms with Gasteiger partial charge in [0.2, 0.25) is 0 Å². The van der Waals surface area contributed by atoms with E-state index in [0.717, 1.165) is 12.1 Å². The van der Waals surface area contributed by atoms with Crippen molar-refractivity contribution in [2.75, 3.05) is 10.5 Å². The van der Waals surface area contributed by atoms with Crippen LogP contribution in [0.1, 0.15) is 11.1 Å². The Balaban J connectivity index is 2.56. The van der Waals surface area contributed by atoms with Crippen LogP contribution >= 0.6 is 0 Å².